The number of phenols is 1. The van der Waals surface area contributed by atoms with Gasteiger partial charge < -0.3 is 41.6 Å². The predicted octanol–water partition coefficient (Wildman–Crippen LogP) is 1.13. The van der Waals surface area contributed by atoms with Crippen LogP contribution < -0.4 is 11.9 Å². The van der Waals surface area contributed by atoms with E-state index in [4.69, 9.17) is 11.6 Å². The van der Waals surface area contributed by atoms with Crippen LogP contribution in [-0.2, 0) is 27.3 Å². The summed E-state index contributed by atoms with van der Waals surface area (Å²) in [6.45, 7) is 4.44. The van der Waals surface area contributed by atoms with Crippen molar-refractivity contribution in [1.82, 2.24) is 20.8 Å². The number of furan rings is 1. The highest BCUT2D eigenvalue weighted by molar-refractivity contribution is 6.24. The number of piperazine rings is 1. The first kappa shape index (κ1) is 30.0. The number of hydrogen-bond acceptors (Lipinski definition) is 12. The van der Waals surface area contributed by atoms with Gasteiger partial charge >= 0.3 is 0 Å². The van der Waals surface area contributed by atoms with Crippen LogP contribution in [0, 0.1) is 11.8 Å². The fraction of sp³-hybridized carbons (Fsp3) is 0.452. The van der Waals surface area contributed by atoms with E-state index in [1.165, 1.54) is 11.0 Å². The number of carbonyl (C=O) groups excluding carboxylic acids is 3. The van der Waals surface area contributed by atoms with Gasteiger partial charge in [0.15, 0.2) is 11.4 Å². The molecule has 1 saturated heterocycles. The molecule has 236 valence electrons. The summed E-state index contributed by atoms with van der Waals surface area (Å²) < 4.78 is 11.5. The van der Waals surface area contributed by atoms with E-state index in [0.717, 1.165) is 31.9 Å². The Labute approximate surface area is 255 Å². The van der Waals surface area contributed by atoms with Gasteiger partial charge in [-0.25, -0.2) is 0 Å². The molecule has 1 aliphatic heterocycles. The Morgan fingerprint density at radius 3 is 2.45 bits per heavy atom. The van der Waals surface area contributed by atoms with Crippen molar-refractivity contribution in [3.05, 3.63) is 58.1 Å². The van der Waals surface area contributed by atoms with E-state index in [2.05, 4.69) is 23.0 Å². The van der Waals surface area contributed by atoms with Crippen molar-refractivity contribution in [3.8, 4) is 17.1 Å². The lowest BCUT2D eigenvalue weighted by atomic mass is 9.57. The quantitative estimate of drug-likeness (QED) is 0.263. The molecule has 0 radical (unpaired) electrons. The average Bonchev–Trinajstić information content (AvgIpc) is 3.45. The molecule has 1 aromatic heterocycles. The maximum atomic E-state index is 14.0. The number of phenolic OH excluding ortho intramolecular Hbond substituents is 1. The number of Topliss-reactive ketones (excluding diaryl/α,β-unsaturated/α-hetero) is 2. The number of benzene rings is 1. The highest BCUT2D eigenvalue weighted by Crippen LogP contribution is 2.53. The van der Waals surface area contributed by atoms with Crippen molar-refractivity contribution < 1.29 is 40.6 Å². The maximum Gasteiger partial charge on any atom is 0.255 e. The zero-order chi connectivity index (χ0) is 33.0. The molecule has 4 atom stereocenters. The van der Waals surface area contributed by atoms with E-state index >= 15 is 0 Å². The Morgan fingerprint density at radius 1 is 1.14 bits per heavy atom. The van der Waals surface area contributed by atoms with Crippen molar-refractivity contribution in [1.29, 1.82) is 0 Å². The Morgan fingerprint density at radius 2 is 1.82 bits per heavy atom. The molecule has 6 rings (SSSR count). The summed E-state index contributed by atoms with van der Waals surface area (Å²) >= 11 is 0. The molecule has 0 spiro atoms. The number of aliphatic hydroxyl groups is 3. The molecule has 13 heteroatoms. The van der Waals surface area contributed by atoms with Crippen molar-refractivity contribution in [2.75, 3.05) is 47.3 Å². The molecular weight excluding hydrogens is 570 g/mol. The number of nitrogens with zero attached hydrogens (tertiary/aromatic N) is 3. The van der Waals surface area contributed by atoms with E-state index in [1.54, 1.807) is 20.2 Å². The van der Waals surface area contributed by atoms with Crippen molar-refractivity contribution in [3.63, 3.8) is 0 Å². The minimum atomic E-state index is -2.67. The van der Waals surface area contributed by atoms with Gasteiger partial charge in [-0.1, -0.05) is 0 Å². The number of rotatable bonds is 5. The number of aromatic hydroxyl groups is 1. The van der Waals surface area contributed by atoms with Gasteiger partial charge in [-0.2, -0.15) is 0 Å². The first-order chi connectivity index (χ1) is 21.3. The largest absolute Gasteiger partial charge is 0.508 e. The van der Waals surface area contributed by atoms with Crippen LogP contribution in [0.3, 0.4) is 0 Å². The fourth-order valence-corrected chi connectivity index (χ4v) is 7.31. The van der Waals surface area contributed by atoms with Gasteiger partial charge in [0, 0.05) is 43.2 Å². The van der Waals surface area contributed by atoms with Gasteiger partial charge in [-0.05, 0) is 69.7 Å². The maximum absolute atomic E-state index is 14.0. The van der Waals surface area contributed by atoms with E-state index in [9.17, 15) is 34.8 Å². The number of likely N-dealkylation sites (N-methyl/N-ethyl adjacent to an activating group) is 2. The van der Waals surface area contributed by atoms with Gasteiger partial charge in [-0.15, -0.1) is 0 Å². The molecule has 44 heavy (non-hydrogen) atoms. The number of fused-ring (bicyclic) bond motifs is 3. The van der Waals surface area contributed by atoms with E-state index in [1.807, 2.05) is 12.1 Å². The monoisotopic (exact) mass is 610 g/mol. The molecule has 2 fully saturated rings. The van der Waals surface area contributed by atoms with E-state index < -0.39 is 58.0 Å². The van der Waals surface area contributed by atoms with Crippen LogP contribution in [0.2, 0.25) is 1.41 Å². The molecule has 1 amide bonds. The first-order valence-electron chi connectivity index (χ1n) is 14.9. The number of aliphatic hydroxyl groups excluding tert-OH is 2. The van der Waals surface area contributed by atoms with Crippen LogP contribution in [-0.4, -0.2) is 112 Å². The Hall–Kier alpha value is -4.01. The van der Waals surface area contributed by atoms with Gasteiger partial charge in [0.2, 0.25) is 5.78 Å². The second-order valence-corrected chi connectivity index (χ2v) is 12.3. The van der Waals surface area contributed by atoms with Crippen LogP contribution >= 0.6 is 0 Å². The number of amides is 1. The molecular formula is C31H39N5O8. The van der Waals surface area contributed by atoms with Crippen LogP contribution in [0.25, 0.3) is 17.1 Å². The molecule has 0 bridgehead atoms. The molecule has 0 unspecified atom stereocenters. The summed E-state index contributed by atoms with van der Waals surface area (Å²) in [5.41, 5.74) is 2.93. The summed E-state index contributed by atoms with van der Waals surface area (Å²) in [6.07, 6.45) is 3.96. The number of carbonyl (C=O) groups is 3. The molecule has 4 aliphatic rings. The lowest BCUT2D eigenvalue weighted by Gasteiger charge is -2.50. The van der Waals surface area contributed by atoms with Gasteiger partial charge in [-0.3, -0.25) is 24.2 Å². The molecule has 13 nitrogen and oxygen atoms in total. The number of hydrogen-bond donors (Lipinski definition) is 6. The van der Waals surface area contributed by atoms with Crippen molar-refractivity contribution >= 4 is 23.2 Å². The summed E-state index contributed by atoms with van der Waals surface area (Å²) in [5.74, 6) is -5.47. The first-order valence-corrected chi connectivity index (χ1v) is 14.3. The van der Waals surface area contributed by atoms with Gasteiger partial charge in [0.1, 0.15) is 35.8 Å². The molecule has 1 aromatic carbocycles. The third-order valence-electron chi connectivity index (χ3n) is 9.51. The zero-order valence-corrected chi connectivity index (χ0v) is 24.9. The Kier molecular flexibility index (Phi) is 7.62. The van der Waals surface area contributed by atoms with E-state index in [0.29, 0.717) is 23.4 Å². The SMILES string of the molecule is CN1CCN(Cc2ccc(-c3ccc(O)c4c3C[C@H]3C[C@H]5[C@@H](N(C)C)C(=O)C(C(N)=O)=C(O)[C@@]5(O)C(=O)C3=C4O)o2)CC1.[2H]N. The third-order valence-corrected chi connectivity index (χ3v) is 9.51. The fourth-order valence-electron chi connectivity index (χ4n) is 7.31. The van der Waals surface area contributed by atoms with Crippen LogP contribution in [0.4, 0.5) is 0 Å². The average molecular weight is 611 g/mol. The van der Waals surface area contributed by atoms with Gasteiger partial charge in [0.05, 0.1) is 18.2 Å². The molecule has 9 N–H and O–H groups in total. The predicted molar refractivity (Wildman–Crippen MR) is 160 cm³/mol. The highest BCUT2D eigenvalue weighted by atomic mass is 16.4. The number of primary amides is 1. The minimum Gasteiger partial charge on any atom is -0.508 e. The standard InChI is InChI=1S/C31H36N4O8.H3N/c1-33(2)25-19-13-15-12-18-17(21-7-4-16(43-21)14-35-10-8-34(3)9-11-35)5-6-20(36)23(18)26(37)22(15)28(39)31(19,42)29(40)24(27(25)38)30(32)41;/h4-7,15,19,25,36-37,40,42H,8-14H2,1-3H3,(H2,32,41);1H3/t15-,19-,25+,31-;/m0./s1/i/hD. The summed E-state index contributed by atoms with van der Waals surface area (Å²) in [4.78, 5) is 45.5. The summed E-state index contributed by atoms with van der Waals surface area (Å²) in [5, 5.41) is 45.1. The molecule has 1 saturated carbocycles. The summed E-state index contributed by atoms with van der Waals surface area (Å²) in [7, 11) is 5.23. The Bertz CT molecular complexity index is 1610. The molecule has 2 heterocycles. The smallest absolute Gasteiger partial charge is 0.255 e. The second-order valence-electron chi connectivity index (χ2n) is 12.3. The molecule has 3 aliphatic carbocycles. The zero-order valence-electron chi connectivity index (χ0n) is 25.9. The van der Waals surface area contributed by atoms with Crippen LogP contribution in [0.5, 0.6) is 5.75 Å². The van der Waals surface area contributed by atoms with Crippen molar-refractivity contribution in [2.24, 2.45) is 17.6 Å². The third kappa shape index (κ3) is 4.63. The number of ketones is 2. The number of nitrogens with two attached hydrogens (primary N) is 1. The van der Waals surface area contributed by atoms with Crippen LogP contribution in [0.1, 0.15) is 23.3 Å². The minimum absolute atomic E-state index is 0.0215. The van der Waals surface area contributed by atoms with Crippen molar-refractivity contribution in [2.45, 2.75) is 31.0 Å². The highest BCUT2D eigenvalue weighted by Gasteiger charge is 2.64. The van der Waals surface area contributed by atoms with Gasteiger partial charge in [0.25, 0.3) is 5.91 Å². The lowest BCUT2D eigenvalue weighted by molar-refractivity contribution is -0.153. The Balaban J connectivity index is 0.00000196. The normalized spacial score (nSPS) is 27.8. The summed E-state index contributed by atoms with van der Waals surface area (Å²) in [6, 6.07) is 5.72. The van der Waals surface area contributed by atoms with E-state index in [-0.39, 0.29) is 29.7 Å². The molecule has 2 aromatic rings. The second kappa shape index (κ2) is 11.2. The topological polar surface area (TPSA) is 216 Å². The lowest BCUT2D eigenvalue weighted by Crippen LogP contribution is -2.65. The van der Waals surface area contributed by atoms with Crippen LogP contribution in [0.15, 0.2) is 45.6 Å².